The van der Waals surface area contributed by atoms with Crippen molar-refractivity contribution in [2.75, 3.05) is 20.3 Å². The van der Waals surface area contributed by atoms with Gasteiger partial charge in [0.2, 0.25) is 0 Å². The van der Waals surface area contributed by atoms with Crippen molar-refractivity contribution >= 4 is 8.32 Å². The number of fused-ring (bicyclic) bond motifs is 2. The van der Waals surface area contributed by atoms with Gasteiger partial charge in [0.15, 0.2) is 8.32 Å². The minimum absolute atomic E-state index is 0.0440. The molecular formula is C33H52O4Si. The van der Waals surface area contributed by atoms with E-state index in [1.165, 1.54) is 0 Å². The molecule has 1 aromatic rings. The second-order valence-corrected chi connectivity index (χ2v) is 18.7. The Labute approximate surface area is 233 Å². The molecule has 1 aromatic carbocycles. The zero-order valence-corrected chi connectivity index (χ0v) is 26.6. The molecule has 212 valence electrons. The average molecular weight is 541 g/mol. The number of methoxy groups -OCH3 is 1. The third kappa shape index (κ3) is 6.94. The van der Waals surface area contributed by atoms with Crippen molar-refractivity contribution in [2.45, 2.75) is 91.6 Å². The first-order valence-electron chi connectivity index (χ1n) is 14.4. The van der Waals surface area contributed by atoms with E-state index in [0.29, 0.717) is 43.3 Å². The summed E-state index contributed by atoms with van der Waals surface area (Å²) in [5.74, 6) is 9.39. The summed E-state index contributed by atoms with van der Waals surface area (Å²) >= 11 is 0. The van der Waals surface area contributed by atoms with Crippen LogP contribution in [0.5, 0.6) is 5.75 Å². The summed E-state index contributed by atoms with van der Waals surface area (Å²) in [6.45, 7) is 22.4. The van der Waals surface area contributed by atoms with E-state index in [1.807, 2.05) is 24.3 Å². The molecule has 0 radical (unpaired) electrons. The number of rotatable bonds is 10. The molecule has 1 saturated carbocycles. The molecule has 2 bridgehead atoms. The topological polar surface area (TPSA) is 47.9 Å². The van der Waals surface area contributed by atoms with Gasteiger partial charge >= 0.3 is 0 Å². The SMILES string of the molecule is COc1ccc(COC[C@@H](C)C#C[C@]2(O)C[C@H]3C=C[C@@]2(C)C[C@H]3[C@H](CO[Si](C)(C)C(C)(C)C)C(C)C)cc1. The van der Waals surface area contributed by atoms with Crippen LogP contribution >= 0.6 is 0 Å². The number of allylic oxidation sites excluding steroid dienone is 1. The van der Waals surface area contributed by atoms with Crippen molar-refractivity contribution in [2.24, 2.45) is 35.0 Å². The number of benzene rings is 1. The molecule has 0 aromatic heterocycles. The molecule has 0 unspecified atom stereocenters. The zero-order chi connectivity index (χ0) is 28.4. The lowest BCUT2D eigenvalue weighted by molar-refractivity contribution is -0.0930. The van der Waals surface area contributed by atoms with Crippen molar-refractivity contribution in [1.82, 2.24) is 0 Å². The maximum absolute atomic E-state index is 11.8. The molecule has 0 saturated heterocycles. The lowest BCUT2D eigenvalue weighted by atomic mass is 9.51. The van der Waals surface area contributed by atoms with Crippen molar-refractivity contribution in [1.29, 1.82) is 0 Å². The van der Waals surface area contributed by atoms with E-state index < -0.39 is 13.9 Å². The van der Waals surface area contributed by atoms with Gasteiger partial charge in [-0.25, -0.2) is 0 Å². The lowest BCUT2D eigenvalue weighted by Crippen LogP contribution is -2.56. The molecule has 1 fully saturated rings. The molecule has 0 spiro atoms. The van der Waals surface area contributed by atoms with Gasteiger partial charge in [-0.1, -0.05) is 77.7 Å². The summed E-state index contributed by atoms with van der Waals surface area (Å²) in [5.41, 5.74) is -0.252. The Morgan fingerprint density at radius 2 is 1.74 bits per heavy atom. The maximum atomic E-state index is 11.8. The van der Waals surface area contributed by atoms with E-state index in [1.54, 1.807) is 7.11 Å². The summed E-state index contributed by atoms with van der Waals surface area (Å²) in [6, 6.07) is 7.92. The predicted molar refractivity (Wildman–Crippen MR) is 159 cm³/mol. The standard InChI is InChI=1S/C33H52O4Si/c1-24(2)30(23-37-38(9,10)31(4,5)6)29-20-32(7)17-16-27(29)19-33(32,34)18-15-25(3)21-36-22-26-11-13-28(35-8)14-12-26/h11-14,16-17,24-25,27,29-30,34H,19-23H2,1-10H3/t25-,27+,29+,30+,32-,33-/m0/s1. The molecule has 3 aliphatic rings. The molecular weight excluding hydrogens is 488 g/mol. The Morgan fingerprint density at radius 1 is 1.08 bits per heavy atom. The number of aliphatic hydroxyl groups is 1. The molecule has 6 atom stereocenters. The normalized spacial score (nSPS) is 28.6. The fourth-order valence-corrected chi connectivity index (χ4v) is 6.68. The van der Waals surface area contributed by atoms with Gasteiger partial charge in [-0.05, 0) is 79.3 Å². The van der Waals surface area contributed by atoms with Gasteiger partial charge in [0, 0.05) is 17.9 Å². The van der Waals surface area contributed by atoms with E-state index in [9.17, 15) is 5.11 Å². The highest BCUT2D eigenvalue weighted by Crippen LogP contribution is 2.57. The first kappa shape index (κ1) is 31.0. The molecule has 0 heterocycles. The number of ether oxygens (including phenoxy) is 2. The van der Waals surface area contributed by atoms with Gasteiger partial charge in [-0.3, -0.25) is 0 Å². The summed E-state index contributed by atoms with van der Waals surface area (Å²) in [7, 11) is -0.147. The number of hydrogen-bond acceptors (Lipinski definition) is 4. The van der Waals surface area contributed by atoms with Crippen LogP contribution in [0.3, 0.4) is 0 Å². The van der Waals surface area contributed by atoms with Crippen molar-refractivity contribution in [3.05, 3.63) is 42.0 Å². The summed E-state index contributed by atoms with van der Waals surface area (Å²) < 4.78 is 17.9. The van der Waals surface area contributed by atoms with Crippen LogP contribution in [0.2, 0.25) is 18.1 Å². The average Bonchev–Trinajstić information content (AvgIpc) is 2.83. The fraction of sp³-hybridized carbons (Fsp3) is 0.697. The van der Waals surface area contributed by atoms with Gasteiger partial charge in [0.1, 0.15) is 11.4 Å². The molecule has 5 heteroatoms. The van der Waals surface area contributed by atoms with Crippen LogP contribution in [-0.2, 0) is 15.8 Å². The minimum Gasteiger partial charge on any atom is -0.497 e. The van der Waals surface area contributed by atoms with Crippen LogP contribution in [0.1, 0.15) is 66.9 Å². The molecule has 1 N–H and O–H groups in total. The van der Waals surface area contributed by atoms with E-state index >= 15 is 0 Å². The highest BCUT2D eigenvalue weighted by molar-refractivity contribution is 6.74. The Balaban J connectivity index is 1.63. The predicted octanol–water partition coefficient (Wildman–Crippen LogP) is 7.48. The summed E-state index contributed by atoms with van der Waals surface area (Å²) in [5, 5.41) is 12.0. The Bertz CT molecular complexity index is 1010. The van der Waals surface area contributed by atoms with Gasteiger partial charge in [0.25, 0.3) is 0 Å². The second-order valence-electron chi connectivity index (χ2n) is 13.9. The minimum atomic E-state index is -1.81. The van der Waals surface area contributed by atoms with Gasteiger partial charge in [-0.2, -0.15) is 0 Å². The fourth-order valence-electron chi connectivity index (χ4n) is 5.64. The Kier molecular flexibility index (Phi) is 9.68. The van der Waals surface area contributed by atoms with E-state index in [0.717, 1.165) is 24.3 Å². The second kappa shape index (κ2) is 11.9. The largest absolute Gasteiger partial charge is 0.497 e. The third-order valence-corrected chi connectivity index (χ3v) is 14.1. The highest BCUT2D eigenvalue weighted by atomic mass is 28.4. The highest BCUT2D eigenvalue weighted by Gasteiger charge is 2.56. The third-order valence-electron chi connectivity index (χ3n) is 9.57. The summed E-state index contributed by atoms with van der Waals surface area (Å²) in [6.07, 6.45) is 6.24. The lowest BCUT2D eigenvalue weighted by Gasteiger charge is -2.55. The molecule has 0 amide bonds. The van der Waals surface area contributed by atoms with Crippen molar-refractivity contribution < 1.29 is 19.0 Å². The van der Waals surface area contributed by atoms with Crippen LogP contribution in [0, 0.1) is 46.8 Å². The molecule has 3 aliphatic carbocycles. The van der Waals surface area contributed by atoms with Gasteiger partial charge < -0.3 is 19.0 Å². The molecule has 4 rings (SSSR count). The smallest absolute Gasteiger partial charge is 0.191 e. The van der Waals surface area contributed by atoms with Crippen LogP contribution in [0.4, 0.5) is 0 Å². The maximum Gasteiger partial charge on any atom is 0.191 e. The monoisotopic (exact) mass is 540 g/mol. The Hall–Kier alpha value is -1.58. The van der Waals surface area contributed by atoms with Crippen LogP contribution in [-0.4, -0.2) is 39.3 Å². The van der Waals surface area contributed by atoms with Gasteiger partial charge in [-0.15, -0.1) is 0 Å². The number of hydrogen-bond donors (Lipinski definition) is 1. The first-order chi connectivity index (χ1) is 17.6. The van der Waals surface area contributed by atoms with Crippen molar-refractivity contribution in [3.8, 4) is 17.6 Å². The van der Waals surface area contributed by atoms with E-state index in [-0.39, 0.29) is 16.4 Å². The zero-order valence-electron chi connectivity index (χ0n) is 25.6. The van der Waals surface area contributed by atoms with E-state index in [2.05, 4.69) is 85.6 Å². The van der Waals surface area contributed by atoms with Gasteiger partial charge in [0.05, 0.1) is 20.3 Å². The van der Waals surface area contributed by atoms with Crippen LogP contribution < -0.4 is 4.74 Å². The van der Waals surface area contributed by atoms with E-state index in [4.69, 9.17) is 13.9 Å². The molecule has 0 aliphatic heterocycles. The van der Waals surface area contributed by atoms with Crippen LogP contribution in [0.15, 0.2) is 36.4 Å². The van der Waals surface area contributed by atoms with Crippen molar-refractivity contribution in [3.63, 3.8) is 0 Å². The Morgan fingerprint density at radius 3 is 2.29 bits per heavy atom. The van der Waals surface area contributed by atoms with Crippen LogP contribution in [0.25, 0.3) is 0 Å². The summed E-state index contributed by atoms with van der Waals surface area (Å²) in [4.78, 5) is 0. The molecule has 38 heavy (non-hydrogen) atoms. The quantitative estimate of drug-likeness (QED) is 0.190. The first-order valence-corrected chi connectivity index (χ1v) is 17.3. The molecule has 4 nitrogen and oxygen atoms in total.